The topological polar surface area (TPSA) is 57.9 Å². The summed E-state index contributed by atoms with van der Waals surface area (Å²) < 4.78 is 19.3. The number of hydrogen-bond acceptors (Lipinski definition) is 5. The lowest BCUT2D eigenvalue weighted by molar-refractivity contribution is 0.146. The van der Waals surface area contributed by atoms with Crippen molar-refractivity contribution in [2.45, 2.75) is 0 Å². The quantitative estimate of drug-likeness (QED) is 0.309. The first-order chi connectivity index (χ1) is 13.2. The van der Waals surface area contributed by atoms with Crippen molar-refractivity contribution in [2.24, 2.45) is 0 Å². The molecule has 138 valence electrons. The maximum atomic E-state index is 5.66. The molecule has 4 rings (SSSR count). The third kappa shape index (κ3) is 3.44. The van der Waals surface area contributed by atoms with E-state index in [1.165, 1.54) is 0 Å². The van der Waals surface area contributed by atoms with Gasteiger partial charge in [0.05, 0.1) is 31.3 Å². The van der Waals surface area contributed by atoms with Crippen molar-refractivity contribution in [3.63, 3.8) is 0 Å². The van der Waals surface area contributed by atoms with E-state index >= 15 is 0 Å². The second-order valence-corrected chi connectivity index (χ2v) is 7.08. The standard InChI is InChI=1S/C20H18IN3O3/c1-25-8-9-27-13-6-7-24-17(12-22-19(24)10-13)16-11-15(21)14-4-3-5-18(26-2)20(14)23-16/h3-7,10-12H,8-9H2,1-2H3. The molecular formula is C20H18IN3O3. The fraction of sp³-hybridized carbons (Fsp3) is 0.200. The van der Waals surface area contributed by atoms with Crippen molar-refractivity contribution in [3.8, 4) is 22.9 Å². The first-order valence-corrected chi connectivity index (χ1v) is 9.51. The van der Waals surface area contributed by atoms with Crippen LogP contribution >= 0.6 is 22.6 Å². The molecule has 7 heteroatoms. The Bertz CT molecular complexity index is 1110. The van der Waals surface area contributed by atoms with E-state index in [0.29, 0.717) is 13.2 Å². The molecule has 0 radical (unpaired) electrons. The minimum atomic E-state index is 0.504. The van der Waals surface area contributed by atoms with Crippen molar-refractivity contribution in [1.29, 1.82) is 0 Å². The van der Waals surface area contributed by atoms with Crippen molar-refractivity contribution in [2.75, 3.05) is 27.4 Å². The van der Waals surface area contributed by atoms with Gasteiger partial charge in [0.1, 0.15) is 29.3 Å². The summed E-state index contributed by atoms with van der Waals surface area (Å²) in [4.78, 5) is 9.36. The van der Waals surface area contributed by atoms with Crippen molar-refractivity contribution in [3.05, 3.63) is 52.4 Å². The number of benzene rings is 1. The van der Waals surface area contributed by atoms with E-state index in [0.717, 1.165) is 43.0 Å². The fourth-order valence-corrected chi connectivity index (χ4v) is 3.69. The molecule has 0 amide bonds. The summed E-state index contributed by atoms with van der Waals surface area (Å²) in [7, 11) is 3.32. The number of nitrogens with zero attached hydrogens (tertiary/aromatic N) is 3. The minimum absolute atomic E-state index is 0.504. The maximum absolute atomic E-state index is 5.66. The molecule has 4 aromatic rings. The molecule has 0 bridgehead atoms. The van der Waals surface area contributed by atoms with Crippen LogP contribution in [0.25, 0.3) is 27.9 Å². The van der Waals surface area contributed by atoms with Gasteiger partial charge in [-0.3, -0.25) is 4.40 Å². The SMILES string of the molecule is COCCOc1ccn2c(-c3cc(I)c4cccc(OC)c4n3)cnc2c1. The third-order valence-corrected chi connectivity index (χ3v) is 5.17. The van der Waals surface area contributed by atoms with Crippen LogP contribution in [0.1, 0.15) is 0 Å². The van der Waals surface area contributed by atoms with Crippen molar-refractivity contribution < 1.29 is 14.2 Å². The molecule has 0 unspecified atom stereocenters. The number of ether oxygens (including phenoxy) is 3. The highest BCUT2D eigenvalue weighted by molar-refractivity contribution is 14.1. The number of rotatable bonds is 6. The average molecular weight is 475 g/mol. The summed E-state index contributed by atoms with van der Waals surface area (Å²) in [6.07, 6.45) is 3.77. The summed E-state index contributed by atoms with van der Waals surface area (Å²) in [5, 5.41) is 1.07. The monoisotopic (exact) mass is 475 g/mol. The summed E-state index contributed by atoms with van der Waals surface area (Å²) in [5.41, 5.74) is 3.41. The highest BCUT2D eigenvalue weighted by Gasteiger charge is 2.13. The van der Waals surface area contributed by atoms with Gasteiger partial charge in [0.25, 0.3) is 0 Å². The van der Waals surface area contributed by atoms with E-state index < -0.39 is 0 Å². The van der Waals surface area contributed by atoms with Gasteiger partial charge in [-0.05, 0) is 40.8 Å². The van der Waals surface area contributed by atoms with Gasteiger partial charge >= 0.3 is 0 Å². The molecule has 0 atom stereocenters. The molecule has 0 aliphatic carbocycles. The van der Waals surface area contributed by atoms with E-state index in [-0.39, 0.29) is 0 Å². The van der Waals surface area contributed by atoms with Crippen LogP contribution in [0.15, 0.2) is 48.8 Å². The zero-order chi connectivity index (χ0) is 18.8. The van der Waals surface area contributed by atoms with E-state index in [1.54, 1.807) is 14.2 Å². The van der Waals surface area contributed by atoms with Crippen molar-refractivity contribution >= 4 is 39.1 Å². The normalized spacial score (nSPS) is 11.2. The molecule has 0 N–H and O–H groups in total. The Hall–Kier alpha value is -2.39. The fourth-order valence-electron chi connectivity index (χ4n) is 2.96. The van der Waals surface area contributed by atoms with Crippen LogP contribution in [0.4, 0.5) is 0 Å². The molecule has 0 aliphatic rings. The lowest BCUT2D eigenvalue weighted by Gasteiger charge is -2.09. The number of para-hydroxylation sites is 1. The van der Waals surface area contributed by atoms with Crippen LogP contribution < -0.4 is 9.47 Å². The Labute approximate surface area is 170 Å². The molecule has 3 heterocycles. The number of aromatic nitrogens is 3. The van der Waals surface area contributed by atoms with Gasteiger partial charge in [0.15, 0.2) is 0 Å². The Morgan fingerprint density at radius 2 is 2.00 bits per heavy atom. The summed E-state index contributed by atoms with van der Waals surface area (Å²) >= 11 is 2.33. The summed E-state index contributed by atoms with van der Waals surface area (Å²) in [6.45, 7) is 1.05. The molecule has 0 aliphatic heterocycles. The maximum Gasteiger partial charge on any atom is 0.145 e. The molecule has 0 saturated heterocycles. The second-order valence-electron chi connectivity index (χ2n) is 5.92. The molecule has 1 aromatic carbocycles. The van der Waals surface area contributed by atoms with Gasteiger partial charge < -0.3 is 14.2 Å². The largest absolute Gasteiger partial charge is 0.494 e. The predicted octanol–water partition coefficient (Wildman–Crippen LogP) is 4.19. The minimum Gasteiger partial charge on any atom is -0.494 e. The highest BCUT2D eigenvalue weighted by atomic mass is 127. The van der Waals surface area contributed by atoms with Crippen LogP contribution in [0.5, 0.6) is 11.5 Å². The average Bonchev–Trinajstić information content (AvgIpc) is 3.11. The molecule has 0 saturated carbocycles. The Balaban J connectivity index is 1.78. The van der Waals surface area contributed by atoms with Gasteiger partial charge in [0.2, 0.25) is 0 Å². The summed E-state index contributed by atoms with van der Waals surface area (Å²) in [5.74, 6) is 1.52. The lowest BCUT2D eigenvalue weighted by Crippen LogP contribution is -2.04. The number of hydrogen-bond donors (Lipinski definition) is 0. The van der Waals surface area contributed by atoms with Crippen molar-refractivity contribution in [1.82, 2.24) is 14.4 Å². The van der Waals surface area contributed by atoms with Gasteiger partial charge in [-0.15, -0.1) is 0 Å². The first-order valence-electron chi connectivity index (χ1n) is 8.43. The number of pyridine rings is 2. The van der Waals surface area contributed by atoms with Crippen LogP contribution in [0.2, 0.25) is 0 Å². The Morgan fingerprint density at radius 1 is 1.11 bits per heavy atom. The van der Waals surface area contributed by atoms with Gasteiger partial charge in [-0.2, -0.15) is 0 Å². The molecule has 3 aromatic heterocycles. The van der Waals surface area contributed by atoms with E-state index in [1.807, 2.05) is 41.1 Å². The molecule has 6 nitrogen and oxygen atoms in total. The zero-order valence-corrected chi connectivity index (χ0v) is 17.1. The molecule has 0 fully saturated rings. The third-order valence-electron chi connectivity index (χ3n) is 4.28. The van der Waals surface area contributed by atoms with Gasteiger partial charge in [-0.25, -0.2) is 9.97 Å². The van der Waals surface area contributed by atoms with Gasteiger partial charge in [-0.1, -0.05) is 12.1 Å². The van der Waals surface area contributed by atoms with E-state index in [2.05, 4.69) is 39.7 Å². The van der Waals surface area contributed by atoms with Crippen LogP contribution in [0.3, 0.4) is 0 Å². The lowest BCUT2D eigenvalue weighted by atomic mass is 10.1. The number of halogens is 1. The van der Waals surface area contributed by atoms with Crippen LogP contribution in [0, 0.1) is 3.57 Å². The Morgan fingerprint density at radius 3 is 2.81 bits per heavy atom. The molecule has 27 heavy (non-hydrogen) atoms. The smallest absolute Gasteiger partial charge is 0.145 e. The highest BCUT2D eigenvalue weighted by Crippen LogP contribution is 2.31. The van der Waals surface area contributed by atoms with E-state index in [9.17, 15) is 0 Å². The Kier molecular flexibility index (Phi) is 5.13. The van der Waals surface area contributed by atoms with Crippen LogP contribution in [-0.4, -0.2) is 41.8 Å². The predicted molar refractivity (Wildman–Crippen MR) is 113 cm³/mol. The number of imidazole rings is 1. The zero-order valence-electron chi connectivity index (χ0n) is 15.0. The molecular weight excluding hydrogens is 457 g/mol. The van der Waals surface area contributed by atoms with E-state index in [4.69, 9.17) is 19.2 Å². The first kappa shape index (κ1) is 18.0. The van der Waals surface area contributed by atoms with Crippen LogP contribution in [-0.2, 0) is 4.74 Å². The number of fused-ring (bicyclic) bond motifs is 2. The molecule has 0 spiro atoms. The number of methoxy groups -OCH3 is 2. The summed E-state index contributed by atoms with van der Waals surface area (Å²) in [6, 6.07) is 11.8. The van der Waals surface area contributed by atoms with Gasteiger partial charge in [0, 0.05) is 28.3 Å². The second kappa shape index (κ2) is 7.69.